The lowest BCUT2D eigenvalue weighted by Gasteiger charge is -2.48. The predicted molar refractivity (Wildman–Crippen MR) is 81.2 cm³/mol. The van der Waals surface area contributed by atoms with Crippen LogP contribution in [0.3, 0.4) is 0 Å². The van der Waals surface area contributed by atoms with Gasteiger partial charge in [0.2, 0.25) is 5.91 Å². The first-order chi connectivity index (χ1) is 9.40. The Hall–Kier alpha value is -1.31. The minimum absolute atomic E-state index is 0.111. The maximum absolute atomic E-state index is 12.1. The van der Waals surface area contributed by atoms with E-state index in [0.717, 1.165) is 12.8 Å². The number of amides is 1. The summed E-state index contributed by atoms with van der Waals surface area (Å²) < 4.78 is 0. The van der Waals surface area contributed by atoms with E-state index in [0.29, 0.717) is 17.8 Å². The Morgan fingerprint density at radius 1 is 1.15 bits per heavy atom. The number of hydrogen-bond donors (Lipinski definition) is 1. The summed E-state index contributed by atoms with van der Waals surface area (Å²) in [5.41, 5.74) is 1.71. The Balaban J connectivity index is 1.99. The van der Waals surface area contributed by atoms with Crippen LogP contribution < -0.4 is 5.32 Å². The molecule has 3 unspecified atom stereocenters. The zero-order valence-electron chi connectivity index (χ0n) is 12.8. The van der Waals surface area contributed by atoms with Crippen LogP contribution in [-0.2, 0) is 4.79 Å². The van der Waals surface area contributed by atoms with Gasteiger partial charge < -0.3 is 5.32 Å². The van der Waals surface area contributed by atoms with Gasteiger partial charge >= 0.3 is 0 Å². The molecule has 0 aromatic heterocycles. The number of benzene rings is 1. The second kappa shape index (κ2) is 4.61. The summed E-state index contributed by atoms with van der Waals surface area (Å²) in [6.45, 7) is 7.05. The van der Waals surface area contributed by atoms with Crippen LogP contribution in [-0.4, -0.2) is 5.91 Å². The lowest BCUT2D eigenvalue weighted by molar-refractivity contribution is -0.120. The Bertz CT molecular complexity index is 507. The molecule has 3 atom stereocenters. The Morgan fingerprint density at radius 3 is 2.50 bits per heavy atom. The molecule has 1 saturated carbocycles. The molecule has 0 radical (unpaired) electrons. The highest BCUT2D eigenvalue weighted by Gasteiger charge is 2.52. The van der Waals surface area contributed by atoms with E-state index in [9.17, 15) is 4.79 Å². The normalized spacial score (nSPS) is 36.0. The van der Waals surface area contributed by atoms with Crippen LogP contribution in [0, 0.1) is 16.7 Å². The van der Waals surface area contributed by atoms with Crippen molar-refractivity contribution in [3.8, 4) is 0 Å². The first kappa shape index (κ1) is 13.7. The molecule has 0 bridgehead atoms. The average molecular weight is 271 g/mol. The van der Waals surface area contributed by atoms with Crippen molar-refractivity contribution in [1.29, 1.82) is 0 Å². The summed E-state index contributed by atoms with van der Waals surface area (Å²) in [6.07, 6.45) is 4.27. The van der Waals surface area contributed by atoms with E-state index < -0.39 is 0 Å². The van der Waals surface area contributed by atoms with E-state index in [4.69, 9.17) is 0 Å². The maximum Gasteiger partial charge on any atom is 0.221 e. The summed E-state index contributed by atoms with van der Waals surface area (Å²) in [6, 6.07) is 10.7. The highest BCUT2D eigenvalue weighted by molar-refractivity contribution is 5.80. The Kier molecular flexibility index (Phi) is 3.15. The SMILES string of the molecule is CC1CC(C)(C)CC2(CC(=O)NC2c2ccccc2)C1. The maximum atomic E-state index is 12.1. The van der Waals surface area contributed by atoms with Crippen LogP contribution in [0.4, 0.5) is 0 Å². The number of hydrogen-bond acceptors (Lipinski definition) is 1. The summed E-state index contributed by atoms with van der Waals surface area (Å²) in [5, 5.41) is 3.25. The molecule has 108 valence electrons. The third-order valence-electron chi connectivity index (χ3n) is 5.05. The average Bonchev–Trinajstić information content (AvgIpc) is 2.63. The summed E-state index contributed by atoms with van der Waals surface area (Å²) in [5.74, 6) is 0.918. The molecule has 1 N–H and O–H groups in total. The zero-order valence-corrected chi connectivity index (χ0v) is 12.8. The van der Waals surface area contributed by atoms with Crippen LogP contribution in [0.2, 0.25) is 0 Å². The quantitative estimate of drug-likeness (QED) is 0.819. The minimum Gasteiger partial charge on any atom is -0.349 e. The van der Waals surface area contributed by atoms with Crippen LogP contribution in [0.15, 0.2) is 30.3 Å². The van der Waals surface area contributed by atoms with Crippen molar-refractivity contribution in [2.45, 2.75) is 52.5 Å². The van der Waals surface area contributed by atoms with Crippen molar-refractivity contribution in [1.82, 2.24) is 5.32 Å². The molecule has 1 saturated heterocycles. The summed E-state index contributed by atoms with van der Waals surface area (Å²) in [4.78, 5) is 12.1. The van der Waals surface area contributed by atoms with Gasteiger partial charge in [-0.3, -0.25) is 4.79 Å². The van der Waals surface area contributed by atoms with Crippen molar-refractivity contribution < 1.29 is 4.79 Å². The van der Waals surface area contributed by atoms with Crippen molar-refractivity contribution in [3.05, 3.63) is 35.9 Å². The van der Waals surface area contributed by atoms with Gasteiger partial charge in [-0.05, 0) is 36.2 Å². The van der Waals surface area contributed by atoms with Gasteiger partial charge in [-0.2, -0.15) is 0 Å². The topological polar surface area (TPSA) is 29.1 Å². The van der Waals surface area contributed by atoms with Gasteiger partial charge in [0.1, 0.15) is 0 Å². The standard InChI is InChI=1S/C18H25NO/c1-13-9-17(2,3)12-18(10-13)11-15(20)19-16(18)14-7-5-4-6-8-14/h4-8,13,16H,9-12H2,1-3H3,(H,19,20). The monoisotopic (exact) mass is 271 g/mol. The number of nitrogens with one attached hydrogen (secondary N) is 1. The van der Waals surface area contributed by atoms with Crippen LogP contribution >= 0.6 is 0 Å². The largest absolute Gasteiger partial charge is 0.349 e. The van der Waals surface area contributed by atoms with Crippen molar-refractivity contribution in [2.75, 3.05) is 0 Å². The van der Waals surface area contributed by atoms with E-state index in [1.54, 1.807) is 0 Å². The fourth-order valence-electron chi connectivity index (χ4n) is 5.03. The van der Waals surface area contributed by atoms with Crippen molar-refractivity contribution in [2.24, 2.45) is 16.7 Å². The Labute approximate surface area is 122 Å². The molecule has 1 aliphatic carbocycles. The van der Waals surface area contributed by atoms with E-state index in [2.05, 4.69) is 50.4 Å². The Morgan fingerprint density at radius 2 is 1.85 bits per heavy atom. The molecule has 2 heteroatoms. The van der Waals surface area contributed by atoms with E-state index >= 15 is 0 Å². The van der Waals surface area contributed by atoms with Crippen molar-refractivity contribution in [3.63, 3.8) is 0 Å². The molecule has 2 fully saturated rings. The number of carbonyl (C=O) groups excluding carboxylic acids is 1. The zero-order chi connectivity index (χ0) is 14.4. The van der Waals surface area contributed by atoms with Gasteiger partial charge in [-0.15, -0.1) is 0 Å². The molecule has 2 aliphatic rings. The summed E-state index contributed by atoms with van der Waals surface area (Å²) in [7, 11) is 0. The van der Waals surface area contributed by atoms with E-state index in [1.165, 1.54) is 12.0 Å². The molecule has 1 aromatic carbocycles. The summed E-state index contributed by atoms with van der Waals surface area (Å²) >= 11 is 0. The third-order valence-corrected chi connectivity index (χ3v) is 5.05. The molecule has 20 heavy (non-hydrogen) atoms. The van der Waals surface area contributed by atoms with Gasteiger partial charge in [-0.25, -0.2) is 0 Å². The van der Waals surface area contributed by atoms with Crippen molar-refractivity contribution >= 4 is 5.91 Å². The lowest BCUT2D eigenvalue weighted by atomic mass is 9.57. The highest BCUT2D eigenvalue weighted by Crippen LogP contribution is 2.58. The van der Waals surface area contributed by atoms with Crippen LogP contribution in [0.25, 0.3) is 0 Å². The van der Waals surface area contributed by atoms with Crippen LogP contribution in [0.1, 0.15) is 58.1 Å². The van der Waals surface area contributed by atoms with Gasteiger partial charge in [0.15, 0.2) is 0 Å². The molecular formula is C18H25NO. The fourth-order valence-corrected chi connectivity index (χ4v) is 5.03. The van der Waals surface area contributed by atoms with Crippen LogP contribution in [0.5, 0.6) is 0 Å². The third kappa shape index (κ3) is 2.36. The van der Waals surface area contributed by atoms with Gasteiger partial charge in [0.05, 0.1) is 6.04 Å². The molecule has 1 amide bonds. The first-order valence-electron chi connectivity index (χ1n) is 7.75. The van der Waals surface area contributed by atoms with E-state index in [1.807, 2.05) is 6.07 Å². The smallest absolute Gasteiger partial charge is 0.221 e. The molecule has 1 spiro atoms. The molecule has 1 aromatic rings. The lowest BCUT2D eigenvalue weighted by Crippen LogP contribution is -2.40. The molecule has 2 nitrogen and oxygen atoms in total. The van der Waals surface area contributed by atoms with Gasteiger partial charge in [0, 0.05) is 11.8 Å². The molecular weight excluding hydrogens is 246 g/mol. The first-order valence-corrected chi connectivity index (χ1v) is 7.75. The number of carbonyl (C=O) groups is 1. The molecule has 3 rings (SSSR count). The van der Waals surface area contributed by atoms with Gasteiger partial charge in [0.25, 0.3) is 0 Å². The molecule has 1 heterocycles. The highest BCUT2D eigenvalue weighted by atomic mass is 16.2. The minimum atomic E-state index is 0.111. The second-order valence-electron chi connectivity index (χ2n) is 7.80. The number of rotatable bonds is 1. The predicted octanol–water partition coefficient (Wildman–Crippen LogP) is 4.08. The molecule has 1 aliphatic heterocycles. The van der Waals surface area contributed by atoms with Gasteiger partial charge in [-0.1, -0.05) is 51.1 Å². The fraction of sp³-hybridized carbons (Fsp3) is 0.611. The second-order valence-corrected chi connectivity index (χ2v) is 7.80. The van der Waals surface area contributed by atoms with E-state index in [-0.39, 0.29) is 17.4 Å².